The number of rotatable bonds is 3. The predicted molar refractivity (Wildman–Crippen MR) is 80.7 cm³/mol. The van der Waals surface area contributed by atoms with Crippen LogP contribution in [0.15, 0.2) is 48.5 Å². The molecule has 0 bridgehead atoms. The number of aryl methyl sites for hydroxylation is 1. The van der Waals surface area contributed by atoms with Gasteiger partial charge in [-0.2, -0.15) is 0 Å². The van der Waals surface area contributed by atoms with E-state index in [0.717, 1.165) is 11.3 Å². The van der Waals surface area contributed by atoms with Crippen LogP contribution in [0, 0.1) is 6.92 Å². The number of carbonyl (C=O) groups excluding carboxylic acids is 1. The van der Waals surface area contributed by atoms with E-state index in [4.69, 9.17) is 0 Å². The zero-order valence-corrected chi connectivity index (χ0v) is 11.5. The first-order chi connectivity index (χ1) is 9.75. The van der Waals surface area contributed by atoms with E-state index in [2.05, 4.69) is 29.7 Å². The number of amides is 1. The first-order valence-electron chi connectivity index (χ1n) is 6.91. The Morgan fingerprint density at radius 1 is 1.20 bits per heavy atom. The molecular weight excluding hydrogens is 248 g/mol. The Labute approximate surface area is 119 Å². The standard InChI is InChI=1S/C17H18N2O/c1-12-6-2-3-7-13(12)10-19-17(20)15-11-18-16-9-5-4-8-14(15)16/h2-9,15,18H,10-11H2,1H3,(H,19,20). The molecular formula is C17H18N2O. The summed E-state index contributed by atoms with van der Waals surface area (Å²) in [5.74, 6) is 0.000853. The molecule has 1 amide bonds. The zero-order chi connectivity index (χ0) is 13.9. The number of carbonyl (C=O) groups is 1. The zero-order valence-electron chi connectivity index (χ0n) is 11.5. The summed E-state index contributed by atoms with van der Waals surface area (Å²) >= 11 is 0. The summed E-state index contributed by atoms with van der Waals surface area (Å²) < 4.78 is 0. The van der Waals surface area contributed by atoms with Gasteiger partial charge in [-0.3, -0.25) is 4.79 Å². The smallest absolute Gasteiger partial charge is 0.229 e. The minimum absolute atomic E-state index is 0.0878. The van der Waals surface area contributed by atoms with Gasteiger partial charge in [-0.05, 0) is 29.7 Å². The van der Waals surface area contributed by atoms with Gasteiger partial charge in [0.15, 0.2) is 0 Å². The Kier molecular flexibility index (Phi) is 3.42. The molecule has 2 aromatic carbocycles. The number of nitrogens with one attached hydrogen (secondary N) is 2. The number of para-hydroxylation sites is 1. The molecule has 20 heavy (non-hydrogen) atoms. The molecule has 3 nitrogen and oxygen atoms in total. The van der Waals surface area contributed by atoms with Gasteiger partial charge < -0.3 is 10.6 Å². The Morgan fingerprint density at radius 3 is 2.80 bits per heavy atom. The third-order valence-corrected chi connectivity index (χ3v) is 3.86. The highest BCUT2D eigenvalue weighted by Crippen LogP contribution is 2.31. The largest absolute Gasteiger partial charge is 0.384 e. The van der Waals surface area contributed by atoms with Gasteiger partial charge in [0.25, 0.3) is 0 Å². The van der Waals surface area contributed by atoms with Crippen molar-refractivity contribution >= 4 is 11.6 Å². The second kappa shape index (κ2) is 5.37. The van der Waals surface area contributed by atoms with Crippen LogP contribution < -0.4 is 10.6 Å². The van der Waals surface area contributed by atoms with Crippen LogP contribution in [0.4, 0.5) is 5.69 Å². The maximum absolute atomic E-state index is 12.3. The van der Waals surface area contributed by atoms with E-state index in [1.807, 2.05) is 36.4 Å². The molecule has 0 radical (unpaired) electrons. The second-order valence-electron chi connectivity index (χ2n) is 5.17. The van der Waals surface area contributed by atoms with Crippen molar-refractivity contribution in [2.45, 2.75) is 19.4 Å². The van der Waals surface area contributed by atoms with Crippen molar-refractivity contribution in [1.82, 2.24) is 5.32 Å². The number of hydrogen-bond acceptors (Lipinski definition) is 2. The van der Waals surface area contributed by atoms with Gasteiger partial charge in [0.1, 0.15) is 0 Å². The van der Waals surface area contributed by atoms with Crippen molar-refractivity contribution in [2.75, 3.05) is 11.9 Å². The molecule has 1 heterocycles. The maximum Gasteiger partial charge on any atom is 0.229 e. The van der Waals surface area contributed by atoms with E-state index in [1.54, 1.807) is 0 Å². The molecule has 1 atom stereocenters. The number of hydrogen-bond donors (Lipinski definition) is 2. The summed E-state index contributed by atoms with van der Waals surface area (Å²) in [5, 5.41) is 6.32. The topological polar surface area (TPSA) is 41.1 Å². The molecule has 1 aliphatic heterocycles. The lowest BCUT2D eigenvalue weighted by molar-refractivity contribution is -0.122. The minimum atomic E-state index is -0.0878. The summed E-state index contributed by atoms with van der Waals surface area (Å²) in [5.41, 5.74) is 4.54. The molecule has 102 valence electrons. The van der Waals surface area contributed by atoms with E-state index in [9.17, 15) is 4.79 Å². The Bertz CT molecular complexity index is 636. The first kappa shape index (κ1) is 12.7. The first-order valence-corrected chi connectivity index (χ1v) is 6.91. The van der Waals surface area contributed by atoms with E-state index < -0.39 is 0 Å². The molecule has 0 aromatic heterocycles. The predicted octanol–water partition coefficient (Wildman–Crippen LogP) is 2.82. The molecule has 0 saturated heterocycles. The van der Waals surface area contributed by atoms with Crippen molar-refractivity contribution in [3.63, 3.8) is 0 Å². The molecule has 2 N–H and O–H groups in total. The van der Waals surface area contributed by atoms with Crippen LogP contribution in [0.2, 0.25) is 0 Å². The van der Waals surface area contributed by atoms with E-state index in [1.165, 1.54) is 11.1 Å². The van der Waals surface area contributed by atoms with Crippen LogP contribution in [0.5, 0.6) is 0 Å². The highest BCUT2D eigenvalue weighted by atomic mass is 16.1. The summed E-state index contributed by atoms with van der Waals surface area (Å²) in [4.78, 5) is 12.3. The van der Waals surface area contributed by atoms with Gasteiger partial charge in [0.05, 0.1) is 5.92 Å². The van der Waals surface area contributed by atoms with Crippen molar-refractivity contribution in [3.05, 3.63) is 65.2 Å². The molecule has 0 fully saturated rings. The molecule has 1 unspecified atom stereocenters. The van der Waals surface area contributed by atoms with Crippen molar-refractivity contribution in [3.8, 4) is 0 Å². The van der Waals surface area contributed by atoms with Crippen molar-refractivity contribution in [2.24, 2.45) is 0 Å². The van der Waals surface area contributed by atoms with E-state index in [-0.39, 0.29) is 11.8 Å². The van der Waals surface area contributed by atoms with Crippen LogP contribution in [0.1, 0.15) is 22.6 Å². The lowest BCUT2D eigenvalue weighted by Crippen LogP contribution is -2.30. The normalized spacial score (nSPS) is 16.4. The van der Waals surface area contributed by atoms with Gasteiger partial charge in [-0.15, -0.1) is 0 Å². The average molecular weight is 266 g/mol. The fourth-order valence-corrected chi connectivity index (χ4v) is 2.63. The third-order valence-electron chi connectivity index (χ3n) is 3.86. The van der Waals surface area contributed by atoms with Gasteiger partial charge in [-0.1, -0.05) is 42.5 Å². The maximum atomic E-state index is 12.3. The van der Waals surface area contributed by atoms with Gasteiger partial charge in [0.2, 0.25) is 5.91 Å². The lowest BCUT2D eigenvalue weighted by atomic mass is 10.0. The minimum Gasteiger partial charge on any atom is -0.384 e. The van der Waals surface area contributed by atoms with Gasteiger partial charge in [-0.25, -0.2) is 0 Å². The third kappa shape index (κ3) is 2.39. The molecule has 0 saturated carbocycles. The summed E-state index contributed by atoms with van der Waals surface area (Å²) in [6.45, 7) is 3.33. The van der Waals surface area contributed by atoms with Crippen molar-refractivity contribution in [1.29, 1.82) is 0 Å². The monoisotopic (exact) mass is 266 g/mol. The van der Waals surface area contributed by atoms with Crippen LogP contribution in [0.3, 0.4) is 0 Å². The fraction of sp³-hybridized carbons (Fsp3) is 0.235. The Hall–Kier alpha value is -2.29. The van der Waals surface area contributed by atoms with Gasteiger partial charge >= 0.3 is 0 Å². The van der Waals surface area contributed by atoms with Crippen LogP contribution >= 0.6 is 0 Å². The summed E-state index contributed by atoms with van der Waals surface area (Å²) in [6, 6.07) is 16.1. The van der Waals surface area contributed by atoms with E-state index >= 15 is 0 Å². The molecule has 3 rings (SSSR count). The van der Waals surface area contributed by atoms with Crippen LogP contribution in [-0.4, -0.2) is 12.5 Å². The number of fused-ring (bicyclic) bond motifs is 1. The fourth-order valence-electron chi connectivity index (χ4n) is 2.63. The number of anilines is 1. The van der Waals surface area contributed by atoms with Gasteiger partial charge in [0, 0.05) is 18.8 Å². The summed E-state index contributed by atoms with van der Waals surface area (Å²) in [6.07, 6.45) is 0. The highest BCUT2D eigenvalue weighted by Gasteiger charge is 2.27. The van der Waals surface area contributed by atoms with E-state index in [0.29, 0.717) is 13.1 Å². The van der Waals surface area contributed by atoms with Crippen LogP contribution in [-0.2, 0) is 11.3 Å². The SMILES string of the molecule is Cc1ccccc1CNC(=O)C1CNc2ccccc21. The molecule has 0 spiro atoms. The second-order valence-corrected chi connectivity index (χ2v) is 5.17. The highest BCUT2D eigenvalue weighted by molar-refractivity contribution is 5.88. The molecule has 1 aliphatic rings. The van der Waals surface area contributed by atoms with Crippen LogP contribution in [0.25, 0.3) is 0 Å². The average Bonchev–Trinajstić information content (AvgIpc) is 2.90. The molecule has 0 aliphatic carbocycles. The Morgan fingerprint density at radius 2 is 1.95 bits per heavy atom. The Balaban J connectivity index is 1.68. The number of benzene rings is 2. The summed E-state index contributed by atoms with van der Waals surface area (Å²) in [7, 11) is 0. The quantitative estimate of drug-likeness (QED) is 0.897. The van der Waals surface area contributed by atoms with Crippen molar-refractivity contribution < 1.29 is 4.79 Å². The molecule has 3 heteroatoms. The molecule has 2 aromatic rings. The lowest BCUT2D eigenvalue weighted by Gasteiger charge is -2.12.